The van der Waals surface area contributed by atoms with Gasteiger partial charge in [0.25, 0.3) is 0 Å². The Hall–Kier alpha value is -2.16. The first-order valence-electron chi connectivity index (χ1n) is 10.8. The molecule has 0 spiro atoms. The number of ether oxygens (including phenoxy) is 1. The Balaban J connectivity index is 1.46. The average Bonchev–Trinajstić information content (AvgIpc) is 3.54. The van der Waals surface area contributed by atoms with Crippen molar-refractivity contribution in [1.82, 2.24) is 14.8 Å². The van der Waals surface area contributed by atoms with Gasteiger partial charge in [-0.1, -0.05) is 37.7 Å². The molecule has 4 rings (SSSR count). The van der Waals surface area contributed by atoms with Crippen LogP contribution < -0.4 is 5.32 Å². The van der Waals surface area contributed by atoms with Crippen LogP contribution in [0.25, 0.3) is 11.4 Å². The van der Waals surface area contributed by atoms with Crippen molar-refractivity contribution in [3.05, 3.63) is 46.2 Å². The number of nitrogens with one attached hydrogen (secondary N) is 1. The molecule has 1 aromatic carbocycles. The van der Waals surface area contributed by atoms with E-state index >= 15 is 0 Å². The maximum atomic E-state index is 12.5. The molecule has 6 nitrogen and oxygen atoms in total. The normalized spacial score (nSPS) is 16.0. The molecule has 164 valence electrons. The molecule has 2 aromatic heterocycles. The second kappa shape index (κ2) is 10.4. The van der Waals surface area contributed by atoms with Crippen molar-refractivity contribution in [3.63, 3.8) is 0 Å². The van der Waals surface area contributed by atoms with Gasteiger partial charge in [0.05, 0.1) is 18.4 Å². The third-order valence-electron chi connectivity index (χ3n) is 5.37. The number of aromatic nitrogens is 3. The lowest BCUT2D eigenvalue weighted by atomic mass is 10.1. The highest BCUT2D eigenvalue weighted by Gasteiger charge is 2.22. The highest BCUT2D eigenvalue weighted by atomic mass is 32.2. The molecule has 0 bridgehead atoms. The highest BCUT2D eigenvalue weighted by Crippen LogP contribution is 2.29. The minimum atomic E-state index is -0.0498. The van der Waals surface area contributed by atoms with E-state index in [4.69, 9.17) is 4.74 Å². The molecule has 1 fully saturated rings. The second-order valence-corrected chi connectivity index (χ2v) is 9.53. The summed E-state index contributed by atoms with van der Waals surface area (Å²) in [4.78, 5) is 13.8. The molecular formula is C23H28N4O2S2. The van der Waals surface area contributed by atoms with Crippen LogP contribution in [0, 0.1) is 0 Å². The standard InChI is InChI=1S/C23H28N4O2S2/c1-3-16-7-9-18(10-8-16)24-21(28)15-31-23-26-25-22(17-12-20(4-2)30-14-17)27(23)13-19-6-5-11-29-19/h7-10,12,14,19H,3-6,11,13,15H2,1-2H3,(H,24,28). The first kappa shape index (κ1) is 22.0. The van der Waals surface area contributed by atoms with Gasteiger partial charge in [-0.05, 0) is 49.4 Å². The Morgan fingerprint density at radius 2 is 2.10 bits per heavy atom. The number of aryl methyl sites for hydroxylation is 2. The van der Waals surface area contributed by atoms with Crippen molar-refractivity contribution >= 4 is 34.7 Å². The lowest BCUT2D eigenvalue weighted by Gasteiger charge is -2.14. The quantitative estimate of drug-likeness (QED) is 0.457. The largest absolute Gasteiger partial charge is 0.376 e. The predicted octanol–water partition coefficient (Wildman–Crippen LogP) is 5.04. The summed E-state index contributed by atoms with van der Waals surface area (Å²) in [5.41, 5.74) is 3.15. The zero-order chi connectivity index (χ0) is 21.6. The number of benzene rings is 1. The number of thioether (sulfide) groups is 1. The third kappa shape index (κ3) is 5.56. The van der Waals surface area contributed by atoms with E-state index in [9.17, 15) is 4.79 Å². The van der Waals surface area contributed by atoms with Crippen LogP contribution in [-0.2, 0) is 28.9 Å². The highest BCUT2D eigenvalue weighted by molar-refractivity contribution is 7.99. The van der Waals surface area contributed by atoms with Gasteiger partial charge in [0.2, 0.25) is 5.91 Å². The topological polar surface area (TPSA) is 69.0 Å². The fourth-order valence-corrected chi connectivity index (χ4v) is 5.16. The summed E-state index contributed by atoms with van der Waals surface area (Å²) < 4.78 is 7.98. The summed E-state index contributed by atoms with van der Waals surface area (Å²) in [5, 5.41) is 14.7. The Morgan fingerprint density at radius 3 is 2.77 bits per heavy atom. The van der Waals surface area contributed by atoms with Gasteiger partial charge in [-0.3, -0.25) is 9.36 Å². The Kier molecular flexibility index (Phi) is 7.42. The van der Waals surface area contributed by atoms with Crippen LogP contribution in [0.5, 0.6) is 0 Å². The van der Waals surface area contributed by atoms with E-state index < -0.39 is 0 Å². The zero-order valence-electron chi connectivity index (χ0n) is 18.0. The van der Waals surface area contributed by atoms with E-state index in [1.165, 1.54) is 22.2 Å². The van der Waals surface area contributed by atoms with Crippen LogP contribution in [0.15, 0.2) is 40.9 Å². The SMILES string of the molecule is CCc1ccc(NC(=O)CSc2nnc(-c3csc(CC)c3)n2CC2CCCO2)cc1. The summed E-state index contributed by atoms with van der Waals surface area (Å²) in [5.74, 6) is 1.08. The summed E-state index contributed by atoms with van der Waals surface area (Å²) >= 11 is 3.16. The fourth-order valence-electron chi connectivity index (χ4n) is 3.60. The number of thiophene rings is 1. The molecule has 1 unspecified atom stereocenters. The van der Waals surface area contributed by atoms with Gasteiger partial charge in [-0.25, -0.2) is 0 Å². The number of carbonyl (C=O) groups is 1. The minimum Gasteiger partial charge on any atom is -0.376 e. The van der Waals surface area contributed by atoms with Gasteiger partial charge in [-0.15, -0.1) is 21.5 Å². The number of nitrogens with zero attached hydrogens (tertiary/aromatic N) is 3. The first-order chi connectivity index (χ1) is 15.2. The molecule has 1 aliphatic heterocycles. The van der Waals surface area contributed by atoms with Gasteiger partial charge in [0.15, 0.2) is 11.0 Å². The number of rotatable bonds is 9. The number of anilines is 1. The molecule has 31 heavy (non-hydrogen) atoms. The van der Waals surface area contributed by atoms with E-state index in [1.54, 1.807) is 11.3 Å². The van der Waals surface area contributed by atoms with Crippen LogP contribution in [-0.4, -0.2) is 39.1 Å². The molecule has 0 saturated carbocycles. The average molecular weight is 457 g/mol. The number of hydrogen-bond acceptors (Lipinski definition) is 6. The van der Waals surface area contributed by atoms with Crippen molar-refractivity contribution in [2.45, 2.75) is 57.3 Å². The lowest BCUT2D eigenvalue weighted by molar-refractivity contribution is -0.113. The van der Waals surface area contributed by atoms with Crippen LogP contribution in [0.3, 0.4) is 0 Å². The summed E-state index contributed by atoms with van der Waals surface area (Å²) in [6, 6.07) is 10.2. The van der Waals surface area contributed by atoms with Gasteiger partial charge in [0.1, 0.15) is 0 Å². The monoisotopic (exact) mass is 456 g/mol. The van der Waals surface area contributed by atoms with Crippen molar-refractivity contribution < 1.29 is 9.53 Å². The zero-order valence-corrected chi connectivity index (χ0v) is 19.6. The van der Waals surface area contributed by atoms with E-state index in [0.717, 1.165) is 54.5 Å². The molecule has 1 atom stereocenters. The molecule has 1 aliphatic rings. The third-order valence-corrected chi connectivity index (χ3v) is 7.41. The Bertz CT molecular complexity index is 1010. The summed E-state index contributed by atoms with van der Waals surface area (Å²) in [6.45, 7) is 5.79. The van der Waals surface area contributed by atoms with Crippen LogP contribution in [0.1, 0.15) is 37.1 Å². The van der Waals surface area contributed by atoms with Gasteiger partial charge in [-0.2, -0.15) is 0 Å². The molecule has 8 heteroatoms. The first-order valence-corrected chi connectivity index (χ1v) is 12.7. The molecule has 1 saturated heterocycles. The van der Waals surface area contributed by atoms with Crippen molar-refractivity contribution in [3.8, 4) is 11.4 Å². The summed E-state index contributed by atoms with van der Waals surface area (Å²) in [7, 11) is 0. The van der Waals surface area contributed by atoms with Crippen molar-refractivity contribution in [1.29, 1.82) is 0 Å². The Labute approximate surface area is 191 Å². The van der Waals surface area contributed by atoms with Gasteiger partial charge in [0, 0.05) is 28.1 Å². The number of carbonyl (C=O) groups excluding carboxylic acids is 1. The van der Waals surface area contributed by atoms with E-state index in [1.807, 2.05) is 24.3 Å². The fraction of sp³-hybridized carbons (Fsp3) is 0.435. The number of amides is 1. The van der Waals surface area contributed by atoms with Gasteiger partial charge >= 0.3 is 0 Å². The van der Waals surface area contributed by atoms with Crippen molar-refractivity contribution in [2.75, 3.05) is 17.7 Å². The number of hydrogen-bond donors (Lipinski definition) is 1. The smallest absolute Gasteiger partial charge is 0.234 e. The molecule has 1 amide bonds. The van der Waals surface area contributed by atoms with E-state index in [-0.39, 0.29) is 17.8 Å². The minimum absolute atomic E-state index is 0.0498. The molecule has 3 aromatic rings. The van der Waals surface area contributed by atoms with Gasteiger partial charge < -0.3 is 10.1 Å². The van der Waals surface area contributed by atoms with E-state index in [0.29, 0.717) is 6.54 Å². The molecular weight excluding hydrogens is 428 g/mol. The molecule has 0 aliphatic carbocycles. The predicted molar refractivity (Wildman–Crippen MR) is 127 cm³/mol. The van der Waals surface area contributed by atoms with E-state index in [2.05, 4.69) is 45.4 Å². The molecule has 0 radical (unpaired) electrons. The Morgan fingerprint density at radius 1 is 1.26 bits per heavy atom. The molecule has 1 N–H and O–H groups in total. The maximum absolute atomic E-state index is 12.5. The second-order valence-electron chi connectivity index (χ2n) is 7.59. The van der Waals surface area contributed by atoms with Crippen LogP contribution in [0.4, 0.5) is 5.69 Å². The van der Waals surface area contributed by atoms with Crippen LogP contribution >= 0.6 is 23.1 Å². The van der Waals surface area contributed by atoms with Crippen molar-refractivity contribution in [2.24, 2.45) is 0 Å². The molecule has 3 heterocycles. The lowest BCUT2D eigenvalue weighted by Crippen LogP contribution is -2.18. The maximum Gasteiger partial charge on any atom is 0.234 e. The van der Waals surface area contributed by atoms with Crippen LogP contribution in [0.2, 0.25) is 0 Å². The summed E-state index contributed by atoms with van der Waals surface area (Å²) in [6.07, 6.45) is 4.29.